The van der Waals surface area contributed by atoms with E-state index in [0.29, 0.717) is 0 Å². The molecule has 1 saturated heterocycles. The van der Waals surface area contributed by atoms with Crippen molar-refractivity contribution in [2.45, 2.75) is 66.1 Å². The van der Waals surface area contributed by atoms with Gasteiger partial charge in [0.15, 0.2) is 0 Å². The van der Waals surface area contributed by atoms with E-state index in [2.05, 4.69) is 4.74 Å². The first kappa shape index (κ1) is 30.3. The molecule has 21 heteroatoms. The molecule has 1 unspecified atom stereocenters. The average Bonchev–Trinajstić information content (AvgIpc) is 3.43. The number of rotatable bonds is 10. The van der Waals surface area contributed by atoms with Crippen LogP contribution in [0.5, 0.6) is 0 Å². The molecule has 1 heterocycles. The number of hydrogen-bond acceptors (Lipinski definition) is 2. The molecule has 202 valence electrons. The van der Waals surface area contributed by atoms with Crippen LogP contribution < -0.4 is 0 Å². The SMILES string of the molecule is O=C(CC1CO1)C(F)(F)C(F)(F)C(F)(F)C(F)(F)C(F)(F)C(F)(F)C(F)(F)C(F)(F)C(F)(F)F. The first-order valence-electron chi connectivity index (χ1n) is 7.74. The molecular weight excluding hydrogens is 549 g/mol. The molecule has 0 N–H and O–H groups in total. The van der Waals surface area contributed by atoms with Crippen LogP contribution in [0, 0.1) is 0 Å². The normalized spacial score (nSPS) is 19.9. The van der Waals surface area contributed by atoms with Crippen LogP contribution in [0.1, 0.15) is 6.42 Å². The lowest BCUT2D eigenvalue weighted by molar-refractivity contribution is -0.467. The van der Waals surface area contributed by atoms with Crippen molar-refractivity contribution in [1.82, 2.24) is 0 Å². The van der Waals surface area contributed by atoms with Gasteiger partial charge in [-0.05, 0) is 0 Å². The Morgan fingerprint density at radius 3 is 1.06 bits per heavy atom. The minimum Gasteiger partial charge on any atom is -0.373 e. The molecule has 2 nitrogen and oxygen atoms in total. The summed E-state index contributed by atoms with van der Waals surface area (Å²) < 4.78 is 252. The Morgan fingerprint density at radius 1 is 0.529 bits per heavy atom. The summed E-state index contributed by atoms with van der Waals surface area (Å²) in [5.41, 5.74) is 0. The van der Waals surface area contributed by atoms with Crippen LogP contribution >= 0.6 is 0 Å². The summed E-state index contributed by atoms with van der Waals surface area (Å²) in [6.07, 6.45) is -11.5. The molecule has 1 fully saturated rings. The zero-order chi connectivity index (χ0) is 27.8. The van der Waals surface area contributed by atoms with Crippen LogP contribution in [0.25, 0.3) is 0 Å². The fourth-order valence-corrected chi connectivity index (χ4v) is 2.06. The third-order valence-electron chi connectivity index (χ3n) is 4.28. The molecule has 0 aromatic carbocycles. The van der Waals surface area contributed by atoms with Crippen LogP contribution in [0.15, 0.2) is 0 Å². The van der Waals surface area contributed by atoms with Crippen LogP contribution in [0.3, 0.4) is 0 Å². The van der Waals surface area contributed by atoms with Crippen molar-refractivity contribution < 1.29 is 92.9 Å². The standard InChI is InChI=1S/C13H5F19O2/c14-5(15,4(33)1-3-2-34-3)6(16,17)7(18,19)8(20,21)9(22,23)10(24,25)11(26,27)12(28,29)13(30,31)32/h3H,1-2H2. The van der Waals surface area contributed by atoms with E-state index < -0.39 is 78.5 Å². The number of alkyl halides is 19. The molecular formula is C13H5F19O2. The van der Waals surface area contributed by atoms with E-state index >= 15 is 0 Å². The molecule has 1 atom stereocenters. The van der Waals surface area contributed by atoms with Crippen LogP contribution in [0.2, 0.25) is 0 Å². The van der Waals surface area contributed by atoms with E-state index in [4.69, 9.17) is 0 Å². The van der Waals surface area contributed by atoms with E-state index in [1.165, 1.54) is 0 Å². The van der Waals surface area contributed by atoms with Crippen molar-refractivity contribution in [2.24, 2.45) is 0 Å². The number of ether oxygens (including phenoxy) is 1. The van der Waals surface area contributed by atoms with E-state index in [-0.39, 0.29) is 0 Å². The minimum absolute atomic E-state index is 0.646. The molecule has 1 rings (SSSR count). The first-order valence-corrected chi connectivity index (χ1v) is 7.74. The Hall–Kier alpha value is -1.70. The van der Waals surface area contributed by atoms with E-state index in [9.17, 15) is 88.2 Å². The van der Waals surface area contributed by atoms with E-state index in [0.717, 1.165) is 0 Å². The second kappa shape index (κ2) is 7.65. The second-order valence-corrected chi connectivity index (χ2v) is 6.68. The van der Waals surface area contributed by atoms with Gasteiger partial charge in [0.05, 0.1) is 12.7 Å². The zero-order valence-corrected chi connectivity index (χ0v) is 15.0. The summed E-state index contributed by atoms with van der Waals surface area (Å²) >= 11 is 0. The molecule has 0 radical (unpaired) electrons. The molecule has 0 saturated carbocycles. The van der Waals surface area contributed by atoms with Crippen molar-refractivity contribution in [2.75, 3.05) is 6.61 Å². The predicted molar refractivity (Wildman–Crippen MR) is 65.0 cm³/mol. The molecule has 1 aliphatic heterocycles. The van der Waals surface area contributed by atoms with Crippen molar-refractivity contribution >= 4 is 5.78 Å². The maximum atomic E-state index is 13.5. The van der Waals surface area contributed by atoms with Crippen LogP contribution in [0.4, 0.5) is 83.4 Å². The number of carbonyl (C=O) groups is 1. The van der Waals surface area contributed by atoms with Gasteiger partial charge in [-0.15, -0.1) is 0 Å². The van der Waals surface area contributed by atoms with Gasteiger partial charge in [-0.25, -0.2) is 0 Å². The smallest absolute Gasteiger partial charge is 0.373 e. The number of halogens is 19. The maximum absolute atomic E-state index is 13.5. The molecule has 1 aliphatic rings. The van der Waals surface area contributed by atoms with Gasteiger partial charge < -0.3 is 4.74 Å². The Balaban J connectivity index is 3.63. The molecule has 34 heavy (non-hydrogen) atoms. The fraction of sp³-hybridized carbons (Fsp3) is 0.923. The monoisotopic (exact) mass is 554 g/mol. The minimum atomic E-state index is -9.00. The van der Waals surface area contributed by atoms with Crippen molar-refractivity contribution in [1.29, 1.82) is 0 Å². The number of hydrogen-bond donors (Lipinski definition) is 0. The largest absolute Gasteiger partial charge is 0.460 e. The fourth-order valence-electron chi connectivity index (χ4n) is 2.06. The Kier molecular flexibility index (Phi) is 6.82. The summed E-state index contributed by atoms with van der Waals surface area (Å²) in [7, 11) is 0. The number of carbonyl (C=O) groups excluding carboxylic acids is 1. The van der Waals surface area contributed by atoms with Crippen molar-refractivity contribution in [3.8, 4) is 0 Å². The number of ketones is 1. The third-order valence-corrected chi connectivity index (χ3v) is 4.28. The van der Waals surface area contributed by atoms with Gasteiger partial charge in [0.2, 0.25) is 5.78 Å². The zero-order valence-electron chi connectivity index (χ0n) is 15.0. The molecule has 0 aromatic rings. The number of Topliss-reactive ketones (excluding diaryl/α,β-unsaturated/α-hetero) is 1. The molecule has 0 aliphatic carbocycles. The van der Waals surface area contributed by atoms with E-state index in [1.807, 2.05) is 0 Å². The topological polar surface area (TPSA) is 29.6 Å². The lowest BCUT2D eigenvalue weighted by Gasteiger charge is -2.43. The summed E-state index contributed by atoms with van der Waals surface area (Å²) in [5.74, 6) is -71.2. The summed E-state index contributed by atoms with van der Waals surface area (Å²) in [6, 6.07) is 0. The van der Waals surface area contributed by atoms with Crippen LogP contribution in [-0.4, -0.2) is 72.1 Å². The Bertz CT molecular complexity index is 791. The van der Waals surface area contributed by atoms with Gasteiger partial charge in [-0.2, -0.15) is 83.4 Å². The predicted octanol–water partition coefficient (Wildman–Crippen LogP) is 5.99. The summed E-state index contributed by atoms with van der Waals surface area (Å²) in [4.78, 5) is 11.0. The summed E-state index contributed by atoms with van der Waals surface area (Å²) in [6.45, 7) is -0.646. The van der Waals surface area contributed by atoms with Gasteiger partial charge in [0.1, 0.15) is 0 Å². The quantitative estimate of drug-likeness (QED) is 0.246. The van der Waals surface area contributed by atoms with Gasteiger partial charge >= 0.3 is 53.6 Å². The Morgan fingerprint density at radius 2 is 0.794 bits per heavy atom. The highest BCUT2D eigenvalue weighted by molar-refractivity contribution is 5.87. The second-order valence-electron chi connectivity index (χ2n) is 6.68. The lowest BCUT2D eigenvalue weighted by atomic mass is 9.86. The molecule has 0 amide bonds. The van der Waals surface area contributed by atoms with Gasteiger partial charge in [0, 0.05) is 6.42 Å². The van der Waals surface area contributed by atoms with Gasteiger partial charge in [-0.3, -0.25) is 4.79 Å². The highest BCUT2D eigenvalue weighted by Gasteiger charge is 2.97. The third kappa shape index (κ3) is 3.75. The molecule has 0 bridgehead atoms. The average molecular weight is 554 g/mol. The first-order chi connectivity index (χ1) is 14.5. The van der Waals surface area contributed by atoms with Crippen molar-refractivity contribution in [3.05, 3.63) is 0 Å². The summed E-state index contributed by atoms with van der Waals surface area (Å²) in [5, 5.41) is 0. The molecule has 0 aromatic heterocycles. The van der Waals surface area contributed by atoms with Gasteiger partial charge in [-0.1, -0.05) is 0 Å². The number of epoxide rings is 1. The highest BCUT2D eigenvalue weighted by atomic mass is 19.4. The maximum Gasteiger partial charge on any atom is 0.460 e. The lowest BCUT2D eigenvalue weighted by Crippen LogP contribution is -2.76. The molecule has 0 spiro atoms. The van der Waals surface area contributed by atoms with E-state index in [1.54, 1.807) is 0 Å². The highest BCUT2D eigenvalue weighted by Crippen LogP contribution is 2.65. The van der Waals surface area contributed by atoms with Crippen molar-refractivity contribution in [3.63, 3.8) is 0 Å². The van der Waals surface area contributed by atoms with Crippen LogP contribution in [-0.2, 0) is 9.53 Å². The Labute approximate surface area is 173 Å². The van der Waals surface area contributed by atoms with Gasteiger partial charge in [0.25, 0.3) is 0 Å².